The summed E-state index contributed by atoms with van der Waals surface area (Å²) in [5.41, 5.74) is 1.76. The molecule has 0 spiro atoms. The number of hydrogen-bond acceptors (Lipinski definition) is 7. The number of hydrogen-bond donors (Lipinski definition) is 1. The van der Waals surface area contributed by atoms with Crippen molar-refractivity contribution in [3.05, 3.63) is 62.0 Å². The maximum atomic E-state index is 12.1. The lowest BCUT2D eigenvalue weighted by Gasteiger charge is -2.00. The molecule has 1 aromatic carbocycles. The number of anilines is 1. The molecule has 1 amide bonds. The molecule has 0 unspecified atom stereocenters. The molecular weight excluding hydrogens is 394 g/mol. The topological polar surface area (TPSA) is 81.2 Å². The number of carbonyl (C=O) groups is 2. The summed E-state index contributed by atoms with van der Waals surface area (Å²) in [6.07, 6.45) is 2.18. The van der Waals surface area contributed by atoms with Crippen molar-refractivity contribution in [2.75, 3.05) is 12.4 Å². The highest BCUT2D eigenvalue weighted by Gasteiger charge is 2.14. The molecule has 3 aromatic rings. The van der Waals surface area contributed by atoms with E-state index in [1.807, 2.05) is 29.6 Å². The summed E-state index contributed by atoms with van der Waals surface area (Å²) in [4.78, 5) is 32.3. The molecule has 0 atom stereocenters. The molecule has 0 radical (unpaired) electrons. The highest BCUT2D eigenvalue weighted by molar-refractivity contribution is 7.17. The number of aromatic nitrogens is 2. The van der Waals surface area contributed by atoms with Crippen molar-refractivity contribution in [2.24, 2.45) is 0 Å². The predicted molar refractivity (Wildman–Crippen MR) is 102 cm³/mol. The Labute approximate surface area is 162 Å². The Morgan fingerprint density at radius 2 is 2.19 bits per heavy atom. The quantitative estimate of drug-likeness (QED) is 0.628. The van der Waals surface area contributed by atoms with E-state index < -0.39 is 5.97 Å². The molecule has 0 aliphatic rings. The molecule has 9 heteroatoms. The van der Waals surface area contributed by atoms with Gasteiger partial charge in [-0.1, -0.05) is 35.1 Å². The molecule has 3 rings (SSSR count). The Bertz CT molecular complexity index is 939. The number of benzene rings is 1. The molecule has 0 saturated heterocycles. The van der Waals surface area contributed by atoms with Gasteiger partial charge in [-0.15, -0.1) is 11.3 Å². The third-order valence-corrected chi connectivity index (χ3v) is 5.35. The zero-order valence-electron chi connectivity index (χ0n) is 13.7. The first-order chi connectivity index (χ1) is 12.5. The fourth-order valence-electron chi connectivity index (χ4n) is 2.19. The summed E-state index contributed by atoms with van der Waals surface area (Å²) < 4.78 is 4.61. The average molecular weight is 408 g/mol. The lowest BCUT2D eigenvalue weighted by Crippen LogP contribution is -2.14. The van der Waals surface area contributed by atoms with Gasteiger partial charge < -0.3 is 10.1 Å². The molecule has 1 N–H and O–H groups in total. The molecule has 0 fully saturated rings. The van der Waals surface area contributed by atoms with Gasteiger partial charge in [0.25, 0.3) is 0 Å². The van der Waals surface area contributed by atoms with Gasteiger partial charge in [0, 0.05) is 16.8 Å². The molecule has 0 saturated carbocycles. The minimum atomic E-state index is -0.479. The fourth-order valence-corrected chi connectivity index (χ4v) is 3.98. The van der Waals surface area contributed by atoms with E-state index in [0.29, 0.717) is 27.1 Å². The van der Waals surface area contributed by atoms with Crippen LogP contribution in [0.25, 0.3) is 0 Å². The van der Waals surface area contributed by atoms with Crippen molar-refractivity contribution in [2.45, 2.75) is 12.8 Å². The second-order valence-corrected chi connectivity index (χ2v) is 7.70. The molecule has 6 nitrogen and oxygen atoms in total. The number of ether oxygens (including phenoxy) is 1. The zero-order valence-corrected chi connectivity index (χ0v) is 16.1. The Kier molecular flexibility index (Phi) is 5.97. The van der Waals surface area contributed by atoms with Crippen LogP contribution in [0, 0.1) is 0 Å². The standard InChI is InChI=1S/C17H14ClN3O3S2/c1-24-16(23)13-8-19-17(26-13)21-14(22)7-12-9-25-15(20-12)6-10-3-2-4-11(18)5-10/h2-5,8-9H,6-7H2,1H3,(H,19,21,22). The largest absolute Gasteiger partial charge is 0.465 e. The van der Waals surface area contributed by atoms with Crippen LogP contribution in [-0.4, -0.2) is 29.0 Å². The predicted octanol–water partition coefficient (Wildman–Crippen LogP) is 3.81. The van der Waals surface area contributed by atoms with Gasteiger partial charge in [0.05, 0.1) is 30.4 Å². The van der Waals surface area contributed by atoms with Gasteiger partial charge in [-0.25, -0.2) is 14.8 Å². The number of rotatable bonds is 6. The van der Waals surface area contributed by atoms with E-state index in [-0.39, 0.29) is 12.3 Å². The van der Waals surface area contributed by atoms with E-state index >= 15 is 0 Å². The van der Waals surface area contributed by atoms with Crippen molar-refractivity contribution in [1.82, 2.24) is 9.97 Å². The minimum Gasteiger partial charge on any atom is -0.465 e. The summed E-state index contributed by atoms with van der Waals surface area (Å²) in [5.74, 6) is -0.719. The first-order valence-electron chi connectivity index (χ1n) is 7.55. The van der Waals surface area contributed by atoms with Gasteiger partial charge in [0.1, 0.15) is 4.88 Å². The molecule has 2 heterocycles. The van der Waals surface area contributed by atoms with Gasteiger partial charge in [-0.3, -0.25) is 4.79 Å². The average Bonchev–Trinajstić information content (AvgIpc) is 3.24. The SMILES string of the molecule is COC(=O)c1cnc(NC(=O)Cc2csc(Cc3cccc(Cl)c3)n2)s1. The van der Waals surface area contributed by atoms with Crippen LogP contribution in [0.4, 0.5) is 5.13 Å². The third-order valence-electron chi connectivity index (χ3n) is 3.32. The second-order valence-electron chi connectivity index (χ2n) is 5.29. The van der Waals surface area contributed by atoms with Crippen LogP contribution < -0.4 is 5.32 Å². The lowest BCUT2D eigenvalue weighted by molar-refractivity contribution is -0.115. The van der Waals surface area contributed by atoms with Gasteiger partial charge in [-0.2, -0.15) is 0 Å². The fraction of sp³-hybridized carbons (Fsp3) is 0.176. The number of nitrogens with one attached hydrogen (secondary N) is 1. The number of halogens is 1. The van der Waals surface area contributed by atoms with E-state index in [2.05, 4.69) is 20.0 Å². The summed E-state index contributed by atoms with van der Waals surface area (Å²) >= 11 is 8.55. The van der Waals surface area contributed by atoms with Crippen LogP contribution in [0.15, 0.2) is 35.8 Å². The number of nitrogens with zero attached hydrogens (tertiary/aromatic N) is 2. The monoisotopic (exact) mass is 407 g/mol. The normalized spacial score (nSPS) is 10.5. The third kappa shape index (κ3) is 4.87. The highest BCUT2D eigenvalue weighted by atomic mass is 35.5. The summed E-state index contributed by atoms with van der Waals surface area (Å²) in [6.45, 7) is 0. The van der Waals surface area contributed by atoms with Crippen LogP contribution in [0.2, 0.25) is 5.02 Å². The maximum absolute atomic E-state index is 12.1. The van der Waals surface area contributed by atoms with E-state index in [4.69, 9.17) is 11.6 Å². The van der Waals surface area contributed by atoms with Gasteiger partial charge in [0.15, 0.2) is 5.13 Å². The Morgan fingerprint density at radius 1 is 1.35 bits per heavy atom. The van der Waals surface area contributed by atoms with Crippen molar-refractivity contribution in [3.8, 4) is 0 Å². The summed E-state index contributed by atoms with van der Waals surface area (Å²) in [6, 6.07) is 7.61. The Hall–Kier alpha value is -2.29. The molecule has 2 aromatic heterocycles. The van der Waals surface area contributed by atoms with E-state index in [9.17, 15) is 9.59 Å². The summed E-state index contributed by atoms with van der Waals surface area (Å²) in [7, 11) is 1.30. The lowest BCUT2D eigenvalue weighted by atomic mass is 10.2. The molecule has 0 aliphatic heterocycles. The molecule has 134 valence electrons. The van der Waals surface area contributed by atoms with E-state index in [0.717, 1.165) is 21.9 Å². The van der Waals surface area contributed by atoms with Crippen LogP contribution in [0.1, 0.15) is 25.9 Å². The van der Waals surface area contributed by atoms with Gasteiger partial charge >= 0.3 is 5.97 Å². The van der Waals surface area contributed by atoms with Crippen molar-refractivity contribution < 1.29 is 14.3 Å². The van der Waals surface area contributed by atoms with Crippen LogP contribution in [0.3, 0.4) is 0 Å². The first-order valence-corrected chi connectivity index (χ1v) is 9.62. The van der Waals surface area contributed by atoms with E-state index in [1.165, 1.54) is 24.6 Å². The Morgan fingerprint density at radius 3 is 2.96 bits per heavy atom. The van der Waals surface area contributed by atoms with Crippen LogP contribution in [-0.2, 0) is 22.4 Å². The molecule has 0 bridgehead atoms. The van der Waals surface area contributed by atoms with Crippen molar-refractivity contribution >= 4 is 51.3 Å². The van der Waals surface area contributed by atoms with Crippen molar-refractivity contribution in [3.63, 3.8) is 0 Å². The molecule has 0 aliphatic carbocycles. The second kappa shape index (κ2) is 8.39. The number of esters is 1. The molecule has 26 heavy (non-hydrogen) atoms. The number of methoxy groups -OCH3 is 1. The van der Waals surface area contributed by atoms with Gasteiger partial charge in [0.2, 0.25) is 5.91 Å². The number of thiazole rings is 2. The summed E-state index contributed by atoms with van der Waals surface area (Å²) in [5, 5.41) is 6.48. The minimum absolute atomic E-state index is 0.138. The first kappa shape index (κ1) is 18.5. The number of carbonyl (C=O) groups excluding carboxylic acids is 2. The highest BCUT2D eigenvalue weighted by Crippen LogP contribution is 2.20. The van der Waals surface area contributed by atoms with Crippen LogP contribution in [0.5, 0.6) is 0 Å². The van der Waals surface area contributed by atoms with Crippen LogP contribution >= 0.6 is 34.3 Å². The van der Waals surface area contributed by atoms with Gasteiger partial charge in [-0.05, 0) is 17.7 Å². The maximum Gasteiger partial charge on any atom is 0.349 e. The number of amides is 1. The zero-order chi connectivity index (χ0) is 18.5. The van der Waals surface area contributed by atoms with Crippen molar-refractivity contribution in [1.29, 1.82) is 0 Å². The molecular formula is C17H14ClN3O3S2. The van der Waals surface area contributed by atoms with E-state index in [1.54, 1.807) is 0 Å². The Balaban J connectivity index is 1.57. The smallest absolute Gasteiger partial charge is 0.349 e.